The lowest BCUT2D eigenvalue weighted by molar-refractivity contribution is -0.123. The number of carbonyl (C=O) groups is 2. The molecule has 2 aliphatic rings. The van der Waals surface area contributed by atoms with Crippen molar-refractivity contribution in [1.82, 2.24) is 20.9 Å². The highest BCUT2D eigenvalue weighted by molar-refractivity contribution is 14.0. The first-order valence-electron chi connectivity index (χ1n) is 10.5. The van der Waals surface area contributed by atoms with Crippen molar-refractivity contribution < 1.29 is 14.3 Å². The van der Waals surface area contributed by atoms with Crippen molar-refractivity contribution in [2.45, 2.75) is 19.1 Å². The van der Waals surface area contributed by atoms with Crippen LogP contribution in [0.25, 0.3) is 0 Å². The number of rotatable bonds is 5. The fourth-order valence-corrected chi connectivity index (χ4v) is 3.74. The maximum Gasteiger partial charge on any atom is 0.254 e. The van der Waals surface area contributed by atoms with Gasteiger partial charge in [-0.25, -0.2) is 0 Å². The number of hydrogen-bond acceptors (Lipinski definition) is 4. The SMILES string of the molecule is CN=C(NCc1ccc(C(=O)N2CCNC(=O)C2)cc1)NCC1Cc2ccccc2O1.I. The van der Waals surface area contributed by atoms with Gasteiger partial charge >= 0.3 is 0 Å². The molecule has 32 heavy (non-hydrogen) atoms. The van der Waals surface area contributed by atoms with Crippen LogP contribution in [0.5, 0.6) is 5.75 Å². The summed E-state index contributed by atoms with van der Waals surface area (Å²) in [6.45, 7) is 2.37. The van der Waals surface area contributed by atoms with Crippen molar-refractivity contribution in [3.63, 3.8) is 0 Å². The van der Waals surface area contributed by atoms with Crippen LogP contribution in [0.3, 0.4) is 0 Å². The Morgan fingerprint density at radius 2 is 1.97 bits per heavy atom. The summed E-state index contributed by atoms with van der Waals surface area (Å²) in [4.78, 5) is 29.9. The van der Waals surface area contributed by atoms with Gasteiger partial charge < -0.3 is 25.6 Å². The van der Waals surface area contributed by atoms with E-state index in [1.54, 1.807) is 24.1 Å². The van der Waals surface area contributed by atoms with Crippen molar-refractivity contribution in [3.05, 3.63) is 65.2 Å². The van der Waals surface area contributed by atoms with E-state index in [9.17, 15) is 9.59 Å². The Morgan fingerprint density at radius 1 is 1.19 bits per heavy atom. The number of hydrogen-bond donors (Lipinski definition) is 3. The Kier molecular flexibility index (Phi) is 8.32. The molecule has 0 radical (unpaired) electrons. The summed E-state index contributed by atoms with van der Waals surface area (Å²) < 4.78 is 5.95. The molecule has 2 aromatic rings. The van der Waals surface area contributed by atoms with Gasteiger partial charge in [0.1, 0.15) is 11.9 Å². The van der Waals surface area contributed by atoms with E-state index in [1.807, 2.05) is 30.3 Å². The van der Waals surface area contributed by atoms with Gasteiger partial charge in [0.2, 0.25) is 5.91 Å². The molecule has 2 heterocycles. The molecule has 1 unspecified atom stereocenters. The van der Waals surface area contributed by atoms with Gasteiger partial charge in [-0.15, -0.1) is 24.0 Å². The largest absolute Gasteiger partial charge is 0.488 e. The van der Waals surface area contributed by atoms with Gasteiger partial charge in [0.05, 0.1) is 13.1 Å². The molecule has 8 nitrogen and oxygen atoms in total. The molecule has 0 aliphatic carbocycles. The Labute approximate surface area is 204 Å². The van der Waals surface area contributed by atoms with Crippen LogP contribution in [-0.2, 0) is 17.8 Å². The number of aliphatic imine (C=N–C) groups is 1. The van der Waals surface area contributed by atoms with Crippen LogP contribution in [0.1, 0.15) is 21.5 Å². The van der Waals surface area contributed by atoms with Crippen LogP contribution in [0.15, 0.2) is 53.5 Å². The van der Waals surface area contributed by atoms with Crippen molar-refractivity contribution in [3.8, 4) is 5.75 Å². The molecule has 4 rings (SSSR count). The second-order valence-corrected chi connectivity index (χ2v) is 7.63. The third kappa shape index (κ3) is 5.90. The monoisotopic (exact) mass is 549 g/mol. The van der Waals surface area contributed by atoms with Gasteiger partial charge in [0.25, 0.3) is 5.91 Å². The van der Waals surface area contributed by atoms with Gasteiger partial charge in [-0.05, 0) is 29.3 Å². The summed E-state index contributed by atoms with van der Waals surface area (Å²) in [6.07, 6.45) is 0.965. The average molecular weight is 549 g/mol. The molecule has 1 fully saturated rings. The third-order valence-corrected chi connectivity index (χ3v) is 5.42. The number of ether oxygens (including phenoxy) is 1. The molecule has 1 saturated heterocycles. The van der Waals surface area contributed by atoms with Gasteiger partial charge in [-0.3, -0.25) is 14.6 Å². The predicted octanol–water partition coefficient (Wildman–Crippen LogP) is 1.55. The highest BCUT2D eigenvalue weighted by Crippen LogP contribution is 2.27. The zero-order chi connectivity index (χ0) is 21.6. The molecule has 0 aromatic heterocycles. The van der Waals surface area contributed by atoms with Crippen LogP contribution in [0.4, 0.5) is 0 Å². The smallest absolute Gasteiger partial charge is 0.254 e. The minimum Gasteiger partial charge on any atom is -0.488 e. The van der Waals surface area contributed by atoms with Gasteiger partial charge in [-0.1, -0.05) is 30.3 Å². The van der Waals surface area contributed by atoms with Gasteiger partial charge in [0, 0.05) is 38.7 Å². The Morgan fingerprint density at radius 3 is 2.69 bits per heavy atom. The second kappa shape index (κ2) is 11.2. The van der Waals surface area contributed by atoms with E-state index in [0.717, 1.165) is 17.7 Å². The highest BCUT2D eigenvalue weighted by Gasteiger charge is 2.23. The number of guanidine groups is 1. The molecule has 2 aromatic carbocycles. The molecule has 9 heteroatoms. The number of para-hydroxylation sites is 1. The van der Waals surface area contributed by atoms with E-state index >= 15 is 0 Å². The number of piperazine rings is 1. The zero-order valence-electron chi connectivity index (χ0n) is 18.0. The van der Waals surface area contributed by atoms with Gasteiger partial charge in [0.15, 0.2) is 5.96 Å². The number of benzene rings is 2. The molecule has 0 spiro atoms. The second-order valence-electron chi connectivity index (χ2n) is 7.63. The Hall–Kier alpha value is -2.82. The van der Waals surface area contributed by atoms with Crippen molar-refractivity contribution in [1.29, 1.82) is 0 Å². The summed E-state index contributed by atoms with van der Waals surface area (Å²) >= 11 is 0. The maximum absolute atomic E-state index is 12.6. The first-order chi connectivity index (χ1) is 15.1. The molecule has 3 N–H and O–H groups in total. The fourth-order valence-electron chi connectivity index (χ4n) is 3.74. The zero-order valence-corrected chi connectivity index (χ0v) is 20.3. The number of halogens is 1. The Balaban J connectivity index is 0.00000289. The predicted molar refractivity (Wildman–Crippen MR) is 134 cm³/mol. The molecule has 0 saturated carbocycles. The molecule has 2 aliphatic heterocycles. The first-order valence-corrected chi connectivity index (χ1v) is 10.5. The van der Waals surface area contributed by atoms with E-state index < -0.39 is 0 Å². The molecule has 1 atom stereocenters. The lowest BCUT2D eigenvalue weighted by atomic mass is 10.1. The first kappa shape index (κ1) is 23.8. The summed E-state index contributed by atoms with van der Waals surface area (Å²) in [5.74, 6) is 1.41. The quantitative estimate of drug-likeness (QED) is 0.299. The topological polar surface area (TPSA) is 95.1 Å². The third-order valence-electron chi connectivity index (χ3n) is 5.42. The minimum atomic E-state index is -0.121. The summed E-state index contributed by atoms with van der Waals surface area (Å²) in [5.41, 5.74) is 2.84. The van der Waals surface area contributed by atoms with Crippen LogP contribution in [-0.4, -0.2) is 62.0 Å². The van der Waals surface area contributed by atoms with E-state index in [-0.39, 0.29) is 48.4 Å². The number of nitrogens with zero attached hydrogens (tertiary/aromatic N) is 2. The maximum atomic E-state index is 12.6. The lowest BCUT2D eigenvalue weighted by Gasteiger charge is -2.26. The summed E-state index contributed by atoms with van der Waals surface area (Å²) in [7, 11) is 1.73. The van der Waals surface area contributed by atoms with Crippen LogP contribution in [0, 0.1) is 0 Å². The van der Waals surface area contributed by atoms with E-state index in [0.29, 0.717) is 37.7 Å². The number of carbonyl (C=O) groups excluding carboxylic acids is 2. The molecular weight excluding hydrogens is 521 g/mol. The molecular formula is C23H28IN5O3. The van der Waals surface area contributed by atoms with E-state index in [2.05, 4.69) is 27.0 Å². The Bertz CT molecular complexity index is 955. The average Bonchev–Trinajstić information content (AvgIpc) is 3.22. The van der Waals surface area contributed by atoms with Crippen LogP contribution in [0.2, 0.25) is 0 Å². The highest BCUT2D eigenvalue weighted by atomic mass is 127. The van der Waals surface area contributed by atoms with E-state index in [1.165, 1.54) is 5.56 Å². The molecule has 2 amide bonds. The minimum absolute atomic E-state index is 0. The number of amides is 2. The summed E-state index contributed by atoms with van der Waals surface area (Å²) in [5, 5.41) is 9.32. The normalized spacial score (nSPS) is 17.5. The van der Waals surface area contributed by atoms with E-state index in [4.69, 9.17) is 4.74 Å². The molecule has 170 valence electrons. The lowest BCUT2D eigenvalue weighted by Crippen LogP contribution is -2.49. The van der Waals surface area contributed by atoms with Crippen molar-refractivity contribution in [2.24, 2.45) is 4.99 Å². The van der Waals surface area contributed by atoms with Crippen molar-refractivity contribution >= 4 is 41.8 Å². The van der Waals surface area contributed by atoms with Gasteiger partial charge in [-0.2, -0.15) is 0 Å². The fraction of sp³-hybridized carbons (Fsp3) is 0.348. The molecule has 0 bridgehead atoms. The van der Waals surface area contributed by atoms with Crippen LogP contribution >= 0.6 is 24.0 Å². The standard InChI is InChI=1S/C23H27N5O3.HI/c1-24-23(27-14-19-12-18-4-2-3-5-20(18)31-19)26-13-16-6-8-17(9-7-16)22(30)28-11-10-25-21(29)15-28;/h2-9,19H,10-15H2,1H3,(H,25,29)(H2,24,26,27);1H. The van der Waals surface area contributed by atoms with Crippen LogP contribution < -0.4 is 20.7 Å². The number of fused-ring (bicyclic) bond motifs is 1. The summed E-state index contributed by atoms with van der Waals surface area (Å²) in [6, 6.07) is 15.5. The number of nitrogens with one attached hydrogen (secondary N) is 3. The van der Waals surface area contributed by atoms with Crippen molar-refractivity contribution in [2.75, 3.05) is 33.2 Å².